The van der Waals surface area contributed by atoms with Crippen LogP contribution in [0.4, 0.5) is 10.5 Å². The Morgan fingerprint density at radius 1 is 0.953 bits per heavy atom. The highest BCUT2D eigenvalue weighted by atomic mass is 16.5. The average molecular weight is 593 g/mol. The van der Waals surface area contributed by atoms with E-state index in [9.17, 15) is 19.5 Å². The van der Waals surface area contributed by atoms with Gasteiger partial charge < -0.3 is 29.4 Å². The molecule has 2 fully saturated rings. The monoisotopic (exact) mass is 592 g/mol. The number of carboxylic acid groups (broad SMARTS) is 1. The molecule has 4 rings (SSSR count). The fraction of sp³-hybridized carbons (Fsp3) is 0.559. The summed E-state index contributed by atoms with van der Waals surface area (Å²) in [6.07, 6.45) is 0.815. The molecule has 2 aromatic rings. The van der Waals surface area contributed by atoms with Crippen LogP contribution in [0.2, 0.25) is 0 Å². The van der Waals surface area contributed by atoms with Crippen LogP contribution in [-0.4, -0.2) is 88.6 Å². The van der Waals surface area contributed by atoms with Crippen LogP contribution in [0.1, 0.15) is 71.4 Å². The molecule has 0 aliphatic carbocycles. The molecule has 0 bridgehead atoms. The highest BCUT2D eigenvalue weighted by Gasteiger charge is 2.37. The van der Waals surface area contributed by atoms with Crippen molar-refractivity contribution in [2.24, 2.45) is 5.92 Å². The minimum absolute atomic E-state index is 0.0938. The van der Waals surface area contributed by atoms with Gasteiger partial charge in [-0.15, -0.1) is 0 Å². The number of carbonyl (C=O) groups is 3. The van der Waals surface area contributed by atoms with Gasteiger partial charge >= 0.3 is 6.09 Å². The normalized spacial score (nSPS) is 17.8. The molecular weight excluding hydrogens is 544 g/mol. The Bertz CT molecular complexity index is 1270. The summed E-state index contributed by atoms with van der Waals surface area (Å²) in [6.45, 7) is 15.4. The lowest BCUT2D eigenvalue weighted by atomic mass is 9.95. The molecule has 2 aliphatic heterocycles. The van der Waals surface area contributed by atoms with E-state index in [4.69, 9.17) is 4.74 Å². The van der Waals surface area contributed by atoms with Crippen LogP contribution in [0, 0.1) is 5.92 Å². The first-order chi connectivity index (χ1) is 20.4. The SMILES string of the molecule is CC(C)c1ccc(CN(C(=O)C2CCCN(c3cccc(OC(C)(C)C(=O)N4CCN(C(=O)O)CC4)c3)C2)C(C)C)cc1. The van der Waals surface area contributed by atoms with E-state index >= 15 is 0 Å². The van der Waals surface area contributed by atoms with Crippen LogP contribution in [0.3, 0.4) is 0 Å². The second-order valence-corrected chi connectivity index (χ2v) is 12.9. The number of amides is 3. The van der Waals surface area contributed by atoms with Crippen molar-refractivity contribution < 1.29 is 24.2 Å². The number of hydrogen-bond donors (Lipinski definition) is 1. The van der Waals surface area contributed by atoms with Crippen molar-refractivity contribution in [3.8, 4) is 5.75 Å². The van der Waals surface area contributed by atoms with E-state index in [1.807, 2.05) is 29.2 Å². The third-order valence-electron chi connectivity index (χ3n) is 8.58. The quantitative estimate of drug-likeness (QED) is 0.417. The zero-order valence-corrected chi connectivity index (χ0v) is 26.6. The van der Waals surface area contributed by atoms with E-state index in [1.165, 1.54) is 10.5 Å². The minimum atomic E-state index is -1.12. The molecule has 2 heterocycles. The van der Waals surface area contributed by atoms with Crippen molar-refractivity contribution in [3.63, 3.8) is 0 Å². The van der Waals surface area contributed by atoms with Crippen LogP contribution in [0.25, 0.3) is 0 Å². The van der Waals surface area contributed by atoms with E-state index in [-0.39, 0.29) is 23.8 Å². The van der Waals surface area contributed by atoms with Gasteiger partial charge in [-0.2, -0.15) is 0 Å². The van der Waals surface area contributed by atoms with E-state index in [0.717, 1.165) is 30.6 Å². The lowest BCUT2D eigenvalue weighted by Gasteiger charge is -2.38. The largest absolute Gasteiger partial charge is 0.478 e. The first-order valence-electron chi connectivity index (χ1n) is 15.6. The number of hydrogen-bond acceptors (Lipinski definition) is 5. The standard InChI is InChI=1S/C34H48N4O5/c1-24(2)27-14-12-26(13-15-27)22-38(25(3)4)31(39)28-9-8-16-37(23-28)29-10-7-11-30(21-29)43-34(5,6)32(40)35-17-19-36(20-18-35)33(41)42/h7,10-15,21,24-25,28H,8-9,16-20,22-23H2,1-6H3,(H,41,42). The summed E-state index contributed by atoms with van der Waals surface area (Å²) >= 11 is 0. The maximum Gasteiger partial charge on any atom is 0.407 e. The zero-order valence-electron chi connectivity index (χ0n) is 26.6. The highest BCUT2D eigenvalue weighted by Crippen LogP contribution is 2.30. The first kappa shape index (κ1) is 32.2. The van der Waals surface area contributed by atoms with E-state index in [1.54, 1.807) is 18.7 Å². The lowest BCUT2D eigenvalue weighted by Crippen LogP contribution is -2.56. The summed E-state index contributed by atoms with van der Waals surface area (Å²) in [6, 6.07) is 16.4. The Balaban J connectivity index is 1.40. The minimum Gasteiger partial charge on any atom is -0.478 e. The van der Waals surface area contributed by atoms with Crippen molar-refractivity contribution in [2.75, 3.05) is 44.2 Å². The van der Waals surface area contributed by atoms with Crippen LogP contribution < -0.4 is 9.64 Å². The number of rotatable bonds is 9. The number of carbonyl (C=O) groups excluding carboxylic acids is 2. The summed E-state index contributed by atoms with van der Waals surface area (Å²) in [5, 5.41) is 9.21. The molecule has 1 N–H and O–H groups in total. The van der Waals surface area contributed by atoms with E-state index < -0.39 is 11.7 Å². The molecule has 0 spiro atoms. The van der Waals surface area contributed by atoms with E-state index in [0.29, 0.717) is 50.9 Å². The Labute approximate surface area is 256 Å². The Kier molecular flexibility index (Phi) is 10.2. The number of piperidine rings is 1. The molecule has 2 aliphatic rings. The topological polar surface area (TPSA) is 93.6 Å². The van der Waals surface area contributed by atoms with Crippen molar-refractivity contribution in [3.05, 3.63) is 59.7 Å². The first-order valence-corrected chi connectivity index (χ1v) is 15.6. The van der Waals surface area contributed by atoms with Crippen molar-refractivity contribution in [1.29, 1.82) is 0 Å². The van der Waals surface area contributed by atoms with Gasteiger partial charge in [0.1, 0.15) is 5.75 Å². The average Bonchev–Trinajstić information content (AvgIpc) is 2.99. The number of nitrogens with zero attached hydrogens (tertiary/aromatic N) is 4. The zero-order chi connectivity index (χ0) is 31.3. The molecule has 0 saturated carbocycles. The third kappa shape index (κ3) is 8.00. The summed E-state index contributed by atoms with van der Waals surface area (Å²) in [5.41, 5.74) is 2.29. The number of piperazine rings is 1. The molecule has 9 heteroatoms. The van der Waals surface area contributed by atoms with Crippen LogP contribution in [-0.2, 0) is 16.1 Å². The summed E-state index contributed by atoms with van der Waals surface area (Å²) in [5.74, 6) is 0.983. The predicted molar refractivity (Wildman–Crippen MR) is 168 cm³/mol. The molecule has 2 aromatic carbocycles. The van der Waals surface area contributed by atoms with Crippen molar-refractivity contribution >= 4 is 23.6 Å². The molecular formula is C34H48N4O5. The molecule has 2 saturated heterocycles. The van der Waals surface area contributed by atoms with Crippen molar-refractivity contribution in [1.82, 2.24) is 14.7 Å². The van der Waals surface area contributed by atoms with Gasteiger partial charge in [0.15, 0.2) is 5.60 Å². The third-order valence-corrected chi connectivity index (χ3v) is 8.58. The lowest BCUT2D eigenvalue weighted by molar-refractivity contribution is -0.147. The maximum absolute atomic E-state index is 13.8. The molecule has 3 amide bonds. The summed E-state index contributed by atoms with van der Waals surface area (Å²) in [7, 11) is 0. The molecule has 1 unspecified atom stereocenters. The molecule has 1 atom stereocenters. The van der Waals surface area contributed by atoms with Crippen molar-refractivity contribution in [2.45, 2.75) is 78.5 Å². The highest BCUT2D eigenvalue weighted by molar-refractivity contribution is 5.85. The summed E-state index contributed by atoms with van der Waals surface area (Å²) < 4.78 is 6.23. The summed E-state index contributed by atoms with van der Waals surface area (Å²) in [4.78, 5) is 45.6. The van der Waals surface area contributed by atoms with Crippen LogP contribution in [0.5, 0.6) is 5.75 Å². The Morgan fingerprint density at radius 2 is 1.60 bits per heavy atom. The number of benzene rings is 2. The second kappa shape index (κ2) is 13.7. The number of anilines is 1. The fourth-order valence-electron chi connectivity index (χ4n) is 5.93. The van der Waals surface area contributed by atoms with Gasteiger partial charge in [0, 0.05) is 63.6 Å². The van der Waals surface area contributed by atoms with Gasteiger partial charge in [-0.25, -0.2) is 4.79 Å². The maximum atomic E-state index is 13.8. The van der Waals surface area contributed by atoms with Gasteiger partial charge in [0.05, 0.1) is 5.92 Å². The van der Waals surface area contributed by atoms with Gasteiger partial charge in [-0.05, 0) is 69.7 Å². The van der Waals surface area contributed by atoms with Gasteiger partial charge in [0.25, 0.3) is 5.91 Å². The van der Waals surface area contributed by atoms with Gasteiger partial charge in [-0.3, -0.25) is 9.59 Å². The van der Waals surface area contributed by atoms with E-state index in [2.05, 4.69) is 56.9 Å². The fourth-order valence-corrected chi connectivity index (χ4v) is 5.93. The second-order valence-electron chi connectivity index (χ2n) is 12.9. The predicted octanol–water partition coefficient (Wildman–Crippen LogP) is 5.44. The molecule has 234 valence electrons. The van der Waals surface area contributed by atoms with Crippen LogP contribution in [0.15, 0.2) is 48.5 Å². The molecule has 0 radical (unpaired) electrons. The molecule has 9 nitrogen and oxygen atoms in total. The smallest absolute Gasteiger partial charge is 0.407 e. The molecule has 43 heavy (non-hydrogen) atoms. The molecule has 0 aromatic heterocycles. The Hall–Kier alpha value is -3.75. The van der Waals surface area contributed by atoms with Gasteiger partial charge in [-0.1, -0.05) is 44.2 Å². The number of ether oxygens (including phenoxy) is 1. The van der Waals surface area contributed by atoms with Gasteiger partial charge in [0.2, 0.25) is 5.91 Å². The van der Waals surface area contributed by atoms with Crippen LogP contribution >= 0.6 is 0 Å². The Morgan fingerprint density at radius 3 is 2.21 bits per heavy atom.